The highest BCUT2D eigenvalue weighted by atomic mass is 35.5. The minimum Gasteiger partial charge on any atom is -0.392 e. The van der Waals surface area contributed by atoms with Crippen LogP contribution in [0, 0.1) is 5.82 Å². The Bertz CT molecular complexity index is 545. The van der Waals surface area contributed by atoms with Crippen LogP contribution in [0.15, 0.2) is 47.4 Å². The zero-order chi connectivity index (χ0) is 13.0. The van der Waals surface area contributed by atoms with E-state index in [0.29, 0.717) is 21.2 Å². The first-order valence-corrected chi connectivity index (χ1v) is 6.82. The van der Waals surface area contributed by atoms with E-state index in [-0.39, 0.29) is 12.4 Å². The molecule has 1 N–H and O–H groups in total. The summed E-state index contributed by atoms with van der Waals surface area (Å²) in [5.41, 5.74) is 1.56. The van der Waals surface area contributed by atoms with Gasteiger partial charge in [-0.2, -0.15) is 0 Å². The Hall–Kier alpha value is -1.03. The maximum Gasteiger partial charge on any atom is 0.137 e. The van der Waals surface area contributed by atoms with Gasteiger partial charge in [0.1, 0.15) is 5.82 Å². The van der Waals surface area contributed by atoms with E-state index < -0.39 is 0 Å². The summed E-state index contributed by atoms with van der Waals surface area (Å²) in [6.45, 7) is -0.146. The van der Waals surface area contributed by atoms with Gasteiger partial charge < -0.3 is 5.11 Å². The van der Waals surface area contributed by atoms with Gasteiger partial charge >= 0.3 is 0 Å². The lowest BCUT2D eigenvalue weighted by atomic mass is 10.2. The van der Waals surface area contributed by atoms with Gasteiger partial charge in [-0.3, -0.25) is 0 Å². The molecule has 2 rings (SSSR count). The fourth-order valence-corrected chi connectivity index (χ4v) is 2.74. The van der Waals surface area contributed by atoms with Gasteiger partial charge in [-0.15, -0.1) is 11.8 Å². The largest absolute Gasteiger partial charge is 0.392 e. The molecule has 2 aromatic rings. The molecular formula is C14H12ClFOS. The fourth-order valence-electron chi connectivity index (χ4n) is 1.53. The lowest BCUT2D eigenvalue weighted by Gasteiger charge is -2.06. The topological polar surface area (TPSA) is 20.2 Å². The average Bonchev–Trinajstić information content (AvgIpc) is 2.39. The van der Waals surface area contributed by atoms with Crippen LogP contribution in [0.4, 0.5) is 4.39 Å². The molecule has 0 aliphatic carbocycles. The number of halogens is 2. The van der Waals surface area contributed by atoms with E-state index in [1.54, 1.807) is 12.1 Å². The molecule has 0 amide bonds. The van der Waals surface area contributed by atoms with Crippen molar-refractivity contribution in [2.75, 3.05) is 0 Å². The molecule has 0 aromatic heterocycles. The third-order valence-electron chi connectivity index (χ3n) is 2.52. The van der Waals surface area contributed by atoms with Crippen molar-refractivity contribution in [3.05, 3.63) is 64.4 Å². The Labute approximate surface area is 115 Å². The normalized spacial score (nSPS) is 10.6. The second kappa shape index (κ2) is 6.23. The third-order valence-corrected chi connectivity index (χ3v) is 3.99. The first-order chi connectivity index (χ1) is 8.70. The summed E-state index contributed by atoms with van der Waals surface area (Å²) in [4.78, 5) is 0.562. The molecule has 18 heavy (non-hydrogen) atoms. The summed E-state index contributed by atoms with van der Waals surface area (Å²) in [7, 11) is 0. The highest BCUT2D eigenvalue weighted by Gasteiger charge is 2.06. The first kappa shape index (κ1) is 13.4. The van der Waals surface area contributed by atoms with Crippen LogP contribution in [-0.4, -0.2) is 5.11 Å². The van der Waals surface area contributed by atoms with Crippen molar-refractivity contribution >= 4 is 23.4 Å². The van der Waals surface area contributed by atoms with Gasteiger partial charge in [-0.25, -0.2) is 4.39 Å². The molecule has 4 heteroatoms. The molecule has 0 radical (unpaired) electrons. The summed E-state index contributed by atoms with van der Waals surface area (Å²) in [6, 6.07) is 12.3. The lowest BCUT2D eigenvalue weighted by Crippen LogP contribution is -1.89. The molecule has 1 nitrogen and oxygen atoms in total. The zero-order valence-electron chi connectivity index (χ0n) is 9.57. The van der Waals surface area contributed by atoms with Gasteiger partial charge in [0.05, 0.1) is 6.61 Å². The number of thioether (sulfide) groups is 1. The minimum atomic E-state index is -0.307. The fraction of sp³-hybridized carbons (Fsp3) is 0.143. The van der Waals surface area contributed by atoms with Crippen LogP contribution < -0.4 is 0 Å². The molecule has 94 valence electrons. The van der Waals surface area contributed by atoms with Crippen molar-refractivity contribution < 1.29 is 9.50 Å². The van der Waals surface area contributed by atoms with E-state index in [1.807, 2.05) is 24.3 Å². The second-order valence-corrected chi connectivity index (χ2v) is 5.23. The predicted octanol–water partition coefficient (Wildman–Crippen LogP) is 4.26. The number of benzene rings is 2. The number of hydrogen-bond donors (Lipinski definition) is 1. The standard InChI is InChI=1S/C14H12ClFOS/c15-12-4-2-1-3-11(12)9-18-14-6-5-10(8-17)7-13(14)16/h1-7,17H,8-9H2. The van der Waals surface area contributed by atoms with Gasteiger partial charge in [-0.05, 0) is 29.3 Å². The number of aliphatic hydroxyl groups is 1. The van der Waals surface area contributed by atoms with E-state index in [0.717, 1.165) is 5.56 Å². The molecule has 0 bridgehead atoms. The van der Waals surface area contributed by atoms with Gasteiger partial charge in [0, 0.05) is 15.7 Å². The maximum atomic E-state index is 13.7. The average molecular weight is 283 g/mol. The Morgan fingerprint density at radius 3 is 2.61 bits per heavy atom. The Balaban J connectivity index is 2.09. The van der Waals surface area contributed by atoms with Crippen molar-refractivity contribution in [2.24, 2.45) is 0 Å². The minimum absolute atomic E-state index is 0.146. The second-order valence-electron chi connectivity index (χ2n) is 3.80. The molecule has 2 aromatic carbocycles. The van der Waals surface area contributed by atoms with Gasteiger partial charge in [0.25, 0.3) is 0 Å². The first-order valence-electron chi connectivity index (χ1n) is 5.46. The van der Waals surface area contributed by atoms with Gasteiger partial charge in [0.2, 0.25) is 0 Å². The van der Waals surface area contributed by atoms with Crippen molar-refractivity contribution in [1.82, 2.24) is 0 Å². The highest BCUT2D eigenvalue weighted by Crippen LogP contribution is 2.28. The molecule has 0 saturated heterocycles. The number of hydrogen-bond acceptors (Lipinski definition) is 2. The van der Waals surface area contributed by atoms with Crippen LogP contribution in [0.1, 0.15) is 11.1 Å². The molecule has 0 spiro atoms. The van der Waals surface area contributed by atoms with Crippen LogP contribution in [0.3, 0.4) is 0 Å². The van der Waals surface area contributed by atoms with Crippen LogP contribution >= 0.6 is 23.4 Å². The highest BCUT2D eigenvalue weighted by molar-refractivity contribution is 7.98. The molecule has 0 aliphatic rings. The van der Waals surface area contributed by atoms with Gasteiger partial charge in [-0.1, -0.05) is 35.9 Å². The van der Waals surface area contributed by atoms with E-state index in [1.165, 1.54) is 17.8 Å². The molecule has 0 saturated carbocycles. The van der Waals surface area contributed by atoms with Crippen molar-refractivity contribution in [1.29, 1.82) is 0 Å². The quantitative estimate of drug-likeness (QED) is 0.846. The van der Waals surface area contributed by atoms with Crippen LogP contribution in [-0.2, 0) is 12.4 Å². The van der Waals surface area contributed by atoms with E-state index in [2.05, 4.69) is 0 Å². The monoisotopic (exact) mass is 282 g/mol. The van der Waals surface area contributed by atoms with E-state index >= 15 is 0 Å². The molecule has 0 heterocycles. The van der Waals surface area contributed by atoms with Crippen LogP contribution in [0.25, 0.3) is 0 Å². The smallest absolute Gasteiger partial charge is 0.137 e. The Kier molecular flexibility index (Phi) is 4.64. The summed E-state index contributed by atoms with van der Waals surface area (Å²) < 4.78 is 13.7. The molecule has 0 unspecified atom stereocenters. The summed E-state index contributed by atoms with van der Waals surface area (Å²) >= 11 is 7.43. The summed E-state index contributed by atoms with van der Waals surface area (Å²) in [6.07, 6.45) is 0. The van der Waals surface area contributed by atoms with Gasteiger partial charge in [0.15, 0.2) is 0 Å². The molecule has 0 atom stereocenters. The van der Waals surface area contributed by atoms with E-state index in [9.17, 15) is 4.39 Å². The summed E-state index contributed by atoms with van der Waals surface area (Å²) in [5.74, 6) is 0.313. The lowest BCUT2D eigenvalue weighted by molar-refractivity contribution is 0.281. The third kappa shape index (κ3) is 3.25. The SMILES string of the molecule is OCc1ccc(SCc2ccccc2Cl)c(F)c1. The Morgan fingerprint density at radius 2 is 1.94 bits per heavy atom. The zero-order valence-corrected chi connectivity index (χ0v) is 11.1. The van der Waals surface area contributed by atoms with Crippen LogP contribution in [0.2, 0.25) is 5.02 Å². The van der Waals surface area contributed by atoms with Crippen LogP contribution in [0.5, 0.6) is 0 Å². The van der Waals surface area contributed by atoms with Crippen molar-refractivity contribution in [3.63, 3.8) is 0 Å². The summed E-state index contributed by atoms with van der Waals surface area (Å²) in [5, 5.41) is 9.60. The number of aliphatic hydroxyl groups excluding tert-OH is 1. The predicted molar refractivity (Wildman–Crippen MR) is 73.3 cm³/mol. The molecule has 0 aliphatic heterocycles. The maximum absolute atomic E-state index is 13.7. The molecular weight excluding hydrogens is 271 g/mol. The van der Waals surface area contributed by atoms with Crippen molar-refractivity contribution in [3.8, 4) is 0 Å². The van der Waals surface area contributed by atoms with E-state index in [4.69, 9.17) is 16.7 Å². The van der Waals surface area contributed by atoms with Crippen molar-refractivity contribution in [2.45, 2.75) is 17.3 Å². The number of rotatable bonds is 4. The Morgan fingerprint density at radius 1 is 1.17 bits per heavy atom. The molecule has 0 fully saturated rings.